The summed E-state index contributed by atoms with van der Waals surface area (Å²) in [5.41, 5.74) is 9.15. The molecule has 2 heterocycles. The largest absolute Gasteiger partial charge is 0.456 e. The molecular formula is C47H29N3O. The molecule has 0 saturated carbocycles. The van der Waals surface area contributed by atoms with Crippen molar-refractivity contribution in [1.29, 1.82) is 0 Å². The lowest BCUT2D eigenvalue weighted by atomic mass is 9.92. The summed E-state index contributed by atoms with van der Waals surface area (Å²) in [6.45, 7) is 0. The molecule has 238 valence electrons. The molecule has 0 aliphatic carbocycles. The first-order chi connectivity index (χ1) is 25.3. The molecule has 0 aliphatic heterocycles. The van der Waals surface area contributed by atoms with E-state index >= 15 is 0 Å². The number of nitrogens with zero attached hydrogens (tertiary/aromatic N) is 3. The number of rotatable bonds is 5. The summed E-state index contributed by atoms with van der Waals surface area (Å²) in [7, 11) is 0. The van der Waals surface area contributed by atoms with Crippen LogP contribution in [0.25, 0.3) is 99.9 Å². The smallest absolute Gasteiger partial charge is 0.164 e. The van der Waals surface area contributed by atoms with Gasteiger partial charge in [0.05, 0.1) is 0 Å². The third-order valence-corrected chi connectivity index (χ3v) is 9.75. The van der Waals surface area contributed by atoms with Crippen LogP contribution in [0.3, 0.4) is 0 Å². The number of fused-ring (bicyclic) bond motifs is 5. The van der Waals surface area contributed by atoms with Crippen LogP contribution >= 0.6 is 0 Å². The molecule has 0 unspecified atom stereocenters. The van der Waals surface area contributed by atoms with Crippen LogP contribution in [0.1, 0.15) is 0 Å². The first-order valence-corrected chi connectivity index (χ1v) is 17.1. The minimum absolute atomic E-state index is 0.604. The van der Waals surface area contributed by atoms with Crippen molar-refractivity contribution in [1.82, 2.24) is 15.0 Å². The standard InChI is InChI=1S/C47H29N3O/c1-2-14-31(15-3-1)45-48-46(50-47(49-45)41-24-12-26-43-44(41)40-22-8-9-25-42(40)51-43)39-28-27-36(37-20-6-7-21-38(37)39)33-18-10-17-32(29-33)35-23-11-16-30-13-4-5-19-34(30)35/h1-29H. The number of aromatic nitrogens is 3. The number of hydrogen-bond acceptors (Lipinski definition) is 4. The van der Waals surface area contributed by atoms with Crippen LogP contribution in [0.5, 0.6) is 0 Å². The molecule has 10 rings (SSSR count). The Balaban J connectivity index is 1.16. The molecule has 10 aromatic rings. The van der Waals surface area contributed by atoms with Crippen LogP contribution < -0.4 is 0 Å². The molecule has 8 aromatic carbocycles. The second-order valence-corrected chi connectivity index (χ2v) is 12.8. The van der Waals surface area contributed by atoms with Gasteiger partial charge < -0.3 is 4.42 Å². The molecule has 2 aromatic heterocycles. The summed E-state index contributed by atoms with van der Waals surface area (Å²) < 4.78 is 6.24. The van der Waals surface area contributed by atoms with Crippen molar-refractivity contribution in [2.24, 2.45) is 0 Å². The Bertz CT molecular complexity index is 2920. The van der Waals surface area contributed by atoms with E-state index in [0.29, 0.717) is 17.5 Å². The summed E-state index contributed by atoms with van der Waals surface area (Å²) in [4.78, 5) is 15.4. The van der Waals surface area contributed by atoms with Crippen LogP contribution in [-0.2, 0) is 0 Å². The van der Waals surface area contributed by atoms with Gasteiger partial charge in [-0.05, 0) is 68.1 Å². The number of furan rings is 1. The van der Waals surface area contributed by atoms with Gasteiger partial charge in [0.2, 0.25) is 0 Å². The van der Waals surface area contributed by atoms with Crippen molar-refractivity contribution >= 4 is 43.5 Å². The van der Waals surface area contributed by atoms with Crippen molar-refractivity contribution in [2.45, 2.75) is 0 Å². The molecule has 0 spiro atoms. The van der Waals surface area contributed by atoms with E-state index in [4.69, 9.17) is 19.4 Å². The maximum Gasteiger partial charge on any atom is 0.164 e. The zero-order chi connectivity index (χ0) is 33.7. The van der Waals surface area contributed by atoms with Gasteiger partial charge in [-0.3, -0.25) is 0 Å². The first kappa shape index (κ1) is 29.0. The summed E-state index contributed by atoms with van der Waals surface area (Å²) in [5.74, 6) is 1.85. The van der Waals surface area contributed by atoms with Crippen LogP contribution in [0.15, 0.2) is 180 Å². The average molecular weight is 652 g/mol. The van der Waals surface area contributed by atoms with Gasteiger partial charge >= 0.3 is 0 Å². The minimum atomic E-state index is 0.604. The van der Waals surface area contributed by atoms with Gasteiger partial charge in [-0.25, -0.2) is 15.0 Å². The highest BCUT2D eigenvalue weighted by atomic mass is 16.3. The van der Waals surface area contributed by atoms with Gasteiger partial charge in [-0.1, -0.05) is 152 Å². The zero-order valence-corrected chi connectivity index (χ0v) is 27.5. The van der Waals surface area contributed by atoms with E-state index in [1.165, 1.54) is 21.9 Å². The van der Waals surface area contributed by atoms with Gasteiger partial charge in [-0.15, -0.1) is 0 Å². The second-order valence-electron chi connectivity index (χ2n) is 12.8. The quantitative estimate of drug-likeness (QED) is 0.186. The average Bonchev–Trinajstić information content (AvgIpc) is 3.59. The summed E-state index contributed by atoms with van der Waals surface area (Å²) in [5, 5.41) is 6.72. The Morgan fingerprint density at radius 2 is 0.824 bits per heavy atom. The number of benzene rings is 8. The second kappa shape index (κ2) is 11.9. The molecule has 0 saturated heterocycles. The van der Waals surface area contributed by atoms with Crippen LogP contribution in [0, 0.1) is 0 Å². The van der Waals surface area contributed by atoms with E-state index in [2.05, 4.69) is 115 Å². The van der Waals surface area contributed by atoms with E-state index in [-0.39, 0.29) is 0 Å². The maximum absolute atomic E-state index is 6.24. The van der Waals surface area contributed by atoms with E-state index in [1.807, 2.05) is 60.7 Å². The molecule has 4 nitrogen and oxygen atoms in total. The highest BCUT2D eigenvalue weighted by Gasteiger charge is 2.19. The molecule has 0 amide bonds. The Morgan fingerprint density at radius 3 is 1.65 bits per heavy atom. The van der Waals surface area contributed by atoms with E-state index in [1.54, 1.807) is 0 Å². The summed E-state index contributed by atoms with van der Waals surface area (Å²) in [6.07, 6.45) is 0. The fourth-order valence-electron chi connectivity index (χ4n) is 7.37. The van der Waals surface area contributed by atoms with Crippen LogP contribution in [-0.4, -0.2) is 15.0 Å². The van der Waals surface area contributed by atoms with Crippen molar-refractivity contribution < 1.29 is 4.42 Å². The van der Waals surface area contributed by atoms with Crippen molar-refractivity contribution in [3.8, 4) is 56.4 Å². The lowest BCUT2D eigenvalue weighted by molar-refractivity contribution is 0.669. The Kier molecular flexibility index (Phi) is 6.78. The fraction of sp³-hybridized carbons (Fsp3) is 0. The predicted octanol–water partition coefficient (Wildman–Crippen LogP) is 12.4. The van der Waals surface area contributed by atoms with Crippen LogP contribution in [0.4, 0.5) is 0 Å². The summed E-state index contributed by atoms with van der Waals surface area (Å²) in [6, 6.07) is 61.1. The molecule has 0 atom stereocenters. The highest BCUT2D eigenvalue weighted by molar-refractivity contribution is 6.12. The molecule has 0 bridgehead atoms. The zero-order valence-electron chi connectivity index (χ0n) is 27.5. The van der Waals surface area contributed by atoms with E-state index in [0.717, 1.165) is 60.5 Å². The molecule has 4 heteroatoms. The summed E-state index contributed by atoms with van der Waals surface area (Å²) >= 11 is 0. The Morgan fingerprint density at radius 1 is 0.314 bits per heavy atom. The lowest BCUT2D eigenvalue weighted by Gasteiger charge is -2.14. The van der Waals surface area contributed by atoms with Gasteiger partial charge in [0, 0.05) is 27.5 Å². The lowest BCUT2D eigenvalue weighted by Crippen LogP contribution is -2.01. The molecule has 0 aliphatic rings. The van der Waals surface area contributed by atoms with Gasteiger partial charge in [-0.2, -0.15) is 0 Å². The topological polar surface area (TPSA) is 51.8 Å². The van der Waals surface area contributed by atoms with E-state index in [9.17, 15) is 0 Å². The SMILES string of the molecule is c1ccc(-c2nc(-c3ccc(-c4cccc(-c5cccc6ccccc56)c4)c4ccccc34)nc(-c3cccc4oc5ccccc5c34)n2)cc1. The Labute approximate surface area is 294 Å². The number of hydrogen-bond donors (Lipinski definition) is 0. The van der Waals surface area contributed by atoms with E-state index < -0.39 is 0 Å². The fourth-order valence-corrected chi connectivity index (χ4v) is 7.37. The maximum atomic E-state index is 6.24. The third-order valence-electron chi connectivity index (χ3n) is 9.75. The predicted molar refractivity (Wildman–Crippen MR) is 209 cm³/mol. The van der Waals surface area contributed by atoms with Crippen molar-refractivity contribution in [2.75, 3.05) is 0 Å². The van der Waals surface area contributed by atoms with Gasteiger partial charge in [0.15, 0.2) is 17.5 Å². The number of para-hydroxylation sites is 1. The highest BCUT2D eigenvalue weighted by Crippen LogP contribution is 2.40. The van der Waals surface area contributed by atoms with Crippen LogP contribution in [0.2, 0.25) is 0 Å². The third kappa shape index (κ3) is 4.96. The molecule has 0 radical (unpaired) electrons. The molecular weight excluding hydrogens is 623 g/mol. The molecule has 0 fully saturated rings. The van der Waals surface area contributed by atoms with Gasteiger partial charge in [0.25, 0.3) is 0 Å². The van der Waals surface area contributed by atoms with Crippen molar-refractivity contribution in [3.63, 3.8) is 0 Å². The molecule has 0 N–H and O–H groups in total. The monoisotopic (exact) mass is 651 g/mol. The normalized spacial score (nSPS) is 11.5. The van der Waals surface area contributed by atoms with Gasteiger partial charge in [0.1, 0.15) is 11.2 Å². The Hall–Kier alpha value is -6.91. The van der Waals surface area contributed by atoms with Crippen molar-refractivity contribution in [3.05, 3.63) is 176 Å². The minimum Gasteiger partial charge on any atom is -0.456 e. The molecule has 51 heavy (non-hydrogen) atoms. The first-order valence-electron chi connectivity index (χ1n) is 17.1.